The van der Waals surface area contributed by atoms with Crippen LogP contribution in [0, 0.1) is 0 Å². The molecule has 6 nitrogen and oxygen atoms in total. The summed E-state index contributed by atoms with van der Waals surface area (Å²) >= 11 is 5.87. The number of sulfonamides is 1. The molecular formula is C20H23ClN2O4S. The van der Waals surface area contributed by atoms with Crippen molar-refractivity contribution < 1.29 is 17.9 Å². The highest BCUT2D eigenvalue weighted by atomic mass is 35.5. The van der Waals surface area contributed by atoms with Gasteiger partial charge in [0.1, 0.15) is 5.75 Å². The second-order valence-electron chi connectivity index (χ2n) is 6.70. The number of piperidine rings is 1. The third-order valence-corrected chi connectivity index (χ3v) is 7.01. The number of ether oxygens (including phenoxy) is 1. The first-order valence-corrected chi connectivity index (χ1v) is 10.9. The molecule has 1 N–H and O–H groups in total. The van der Waals surface area contributed by atoms with Crippen molar-refractivity contribution in [2.45, 2.75) is 36.6 Å². The van der Waals surface area contributed by atoms with Crippen LogP contribution in [-0.2, 0) is 14.8 Å². The lowest BCUT2D eigenvalue weighted by Gasteiger charge is -2.34. The molecule has 150 valence electrons. The standard InChI is InChI=1S/C20H23ClN2O4S/c1-27-18-9-7-16(8-10-18)22-20(24)14-17-4-2-3-13-23(17)28(25,26)19-11-5-15(21)6-12-19/h5-12,17H,2-4,13-14H2,1H3,(H,22,24)/t17-/m1/s1. The summed E-state index contributed by atoms with van der Waals surface area (Å²) in [5.74, 6) is 0.485. The van der Waals surface area contributed by atoms with E-state index in [1.807, 2.05) is 0 Å². The van der Waals surface area contributed by atoms with Gasteiger partial charge in [0.05, 0.1) is 12.0 Å². The quantitative estimate of drug-likeness (QED) is 0.765. The van der Waals surface area contributed by atoms with Crippen molar-refractivity contribution >= 4 is 33.2 Å². The van der Waals surface area contributed by atoms with E-state index in [9.17, 15) is 13.2 Å². The smallest absolute Gasteiger partial charge is 0.243 e. The summed E-state index contributed by atoms with van der Waals surface area (Å²) in [6.07, 6.45) is 2.44. The van der Waals surface area contributed by atoms with Gasteiger partial charge in [0.15, 0.2) is 0 Å². The Kier molecular flexibility index (Phi) is 6.59. The number of carbonyl (C=O) groups excluding carboxylic acids is 1. The van der Waals surface area contributed by atoms with Crippen LogP contribution in [0.2, 0.25) is 5.02 Å². The van der Waals surface area contributed by atoms with Crippen LogP contribution in [0.15, 0.2) is 53.4 Å². The van der Waals surface area contributed by atoms with Crippen molar-refractivity contribution in [2.24, 2.45) is 0 Å². The molecule has 2 aromatic rings. The topological polar surface area (TPSA) is 75.7 Å². The van der Waals surface area contributed by atoms with Gasteiger partial charge in [0.2, 0.25) is 15.9 Å². The van der Waals surface area contributed by atoms with Crippen LogP contribution in [0.1, 0.15) is 25.7 Å². The van der Waals surface area contributed by atoms with E-state index < -0.39 is 10.0 Å². The number of methoxy groups -OCH3 is 1. The Labute approximate surface area is 170 Å². The maximum absolute atomic E-state index is 13.1. The first kappa shape index (κ1) is 20.6. The van der Waals surface area contributed by atoms with E-state index in [0.717, 1.165) is 12.8 Å². The highest BCUT2D eigenvalue weighted by Gasteiger charge is 2.34. The highest BCUT2D eigenvalue weighted by Crippen LogP contribution is 2.28. The molecule has 1 amide bonds. The minimum Gasteiger partial charge on any atom is -0.497 e. The maximum atomic E-state index is 13.1. The van der Waals surface area contributed by atoms with Crippen molar-refractivity contribution in [3.8, 4) is 5.75 Å². The molecule has 0 aromatic heterocycles. The largest absolute Gasteiger partial charge is 0.497 e. The predicted octanol–water partition coefficient (Wildman–Crippen LogP) is 3.92. The average molecular weight is 423 g/mol. The molecule has 1 fully saturated rings. The van der Waals surface area contributed by atoms with E-state index in [-0.39, 0.29) is 23.3 Å². The molecule has 3 rings (SSSR count). The van der Waals surface area contributed by atoms with Gasteiger partial charge < -0.3 is 10.1 Å². The minimum absolute atomic E-state index is 0.110. The van der Waals surface area contributed by atoms with Crippen molar-refractivity contribution in [2.75, 3.05) is 19.0 Å². The zero-order valence-corrected chi connectivity index (χ0v) is 17.2. The monoisotopic (exact) mass is 422 g/mol. The second kappa shape index (κ2) is 8.94. The molecule has 1 atom stereocenters. The maximum Gasteiger partial charge on any atom is 0.243 e. The van der Waals surface area contributed by atoms with Crippen molar-refractivity contribution in [3.63, 3.8) is 0 Å². The lowest BCUT2D eigenvalue weighted by Crippen LogP contribution is -2.45. The molecule has 28 heavy (non-hydrogen) atoms. The van der Waals surface area contributed by atoms with Gasteiger partial charge in [-0.2, -0.15) is 4.31 Å². The summed E-state index contributed by atoms with van der Waals surface area (Å²) in [7, 11) is -2.10. The first-order valence-electron chi connectivity index (χ1n) is 9.11. The van der Waals surface area contributed by atoms with Crippen LogP contribution in [-0.4, -0.2) is 38.3 Å². The third kappa shape index (κ3) is 4.84. The first-order chi connectivity index (χ1) is 13.4. The van der Waals surface area contributed by atoms with E-state index in [0.29, 0.717) is 29.4 Å². The Morgan fingerprint density at radius 1 is 1.14 bits per heavy atom. The van der Waals surface area contributed by atoms with Gasteiger partial charge in [-0.25, -0.2) is 8.42 Å². The summed E-state index contributed by atoms with van der Waals surface area (Å²) in [5.41, 5.74) is 0.647. The SMILES string of the molecule is COc1ccc(NC(=O)C[C@H]2CCCCN2S(=O)(=O)c2ccc(Cl)cc2)cc1. The van der Waals surface area contributed by atoms with Crippen LogP contribution in [0.4, 0.5) is 5.69 Å². The normalized spacial score (nSPS) is 17.9. The lowest BCUT2D eigenvalue weighted by molar-refractivity contribution is -0.117. The number of halogens is 1. The van der Waals surface area contributed by atoms with Crippen LogP contribution < -0.4 is 10.1 Å². The summed E-state index contributed by atoms with van der Waals surface area (Å²) in [6.45, 7) is 0.408. The van der Waals surface area contributed by atoms with Crippen LogP contribution >= 0.6 is 11.6 Å². The van der Waals surface area contributed by atoms with E-state index in [1.54, 1.807) is 43.5 Å². The predicted molar refractivity (Wildman–Crippen MR) is 109 cm³/mol. The molecule has 0 bridgehead atoms. The number of nitrogens with zero attached hydrogens (tertiary/aromatic N) is 1. The van der Waals surface area contributed by atoms with Crippen LogP contribution in [0.5, 0.6) is 5.75 Å². The summed E-state index contributed by atoms with van der Waals surface area (Å²) in [6, 6.07) is 12.8. The minimum atomic E-state index is -3.68. The summed E-state index contributed by atoms with van der Waals surface area (Å²) in [5, 5.41) is 3.31. The Bertz CT molecular complexity index is 914. The van der Waals surface area contributed by atoms with Crippen molar-refractivity contribution in [1.82, 2.24) is 4.31 Å². The molecular weight excluding hydrogens is 400 g/mol. The zero-order chi connectivity index (χ0) is 20.1. The van der Waals surface area contributed by atoms with E-state index in [1.165, 1.54) is 16.4 Å². The van der Waals surface area contributed by atoms with E-state index in [2.05, 4.69) is 5.32 Å². The molecule has 0 unspecified atom stereocenters. The van der Waals surface area contributed by atoms with E-state index >= 15 is 0 Å². The van der Waals surface area contributed by atoms with Gasteiger partial charge in [0, 0.05) is 29.7 Å². The number of benzene rings is 2. The Morgan fingerprint density at radius 3 is 2.46 bits per heavy atom. The number of hydrogen-bond acceptors (Lipinski definition) is 4. The molecule has 8 heteroatoms. The molecule has 0 saturated carbocycles. The highest BCUT2D eigenvalue weighted by molar-refractivity contribution is 7.89. The lowest BCUT2D eigenvalue weighted by atomic mass is 10.0. The van der Waals surface area contributed by atoms with Gasteiger partial charge in [-0.15, -0.1) is 0 Å². The number of amides is 1. The number of hydrogen-bond donors (Lipinski definition) is 1. The van der Waals surface area contributed by atoms with Crippen LogP contribution in [0.25, 0.3) is 0 Å². The van der Waals surface area contributed by atoms with Gasteiger partial charge in [-0.05, 0) is 61.4 Å². The number of nitrogens with one attached hydrogen (secondary N) is 1. The average Bonchev–Trinajstić information content (AvgIpc) is 2.69. The molecule has 0 aliphatic carbocycles. The number of anilines is 1. The number of rotatable bonds is 6. The molecule has 0 radical (unpaired) electrons. The molecule has 2 aromatic carbocycles. The molecule has 1 aliphatic rings. The molecule has 1 aliphatic heterocycles. The van der Waals surface area contributed by atoms with Gasteiger partial charge in [-0.1, -0.05) is 18.0 Å². The second-order valence-corrected chi connectivity index (χ2v) is 9.03. The Morgan fingerprint density at radius 2 is 1.82 bits per heavy atom. The van der Waals surface area contributed by atoms with Crippen molar-refractivity contribution in [3.05, 3.63) is 53.6 Å². The number of carbonyl (C=O) groups is 1. The molecule has 1 heterocycles. The summed E-state index contributed by atoms with van der Waals surface area (Å²) in [4.78, 5) is 12.7. The Hall–Kier alpha value is -2.09. The van der Waals surface area contributed by atoms with Crippen molar-refractivity contribution in [1.29, 1.82) is 0 Å². The van der Waals surface area contributed by atoms with E-state index in [4.69, 9.17) is 16.3 Å². The fraction of sp³-hybridized carbons (Fsp3) is 0.350. The zero-order valence-electron chi connectivity index (χ0n) is 15.6. The van der Waals surface area contributed by atoms with Crippen LogP contribution in [0.3, 0.4) is 0 Å². The summed E-state index contributed by atoms with van der Waals surface area (Å²) < 4.78 is 32.7. The Balaban J connectivity index is 1.71. The molecule has 1 saturated heterocycles. The van der Waals surface area contributed by atoms with Gasteiger partial charge in [-0.3, -0.25) is 4.79 Å². The fourth-order valence-corrected chi connectivity index (χ4v) is 5.16. The van der Waals surface area contributed by atoms with Gasteiger partial charge >= 0.3 is 0 Å². The fourth-order valence-electron chi connectivity index (χ4n) is 3.34. The molecule has 0 spiro atoms. The third-order valence-electron chi connectivity index (χ3n) is 4.79. The van der Waals surface area contributed by atoms with Gasteiger partial charge in [0.25, 0.3) is 0 Å².